The number of amides is 1. The number of aliphatic carboxylic acids is 1. The molecule has 1 aromatic carbocycles. The molecular formula is C14H17NO5S. The summed E-state index contributed by atoms with van der Waals surface area (Å²) in [5.74, 6) is -1.84. The Morgan fingerprint density at radius 2 is 1.86 bits per heavy atom. The number of carbonyl (C=O) groups is 2. The van der Waals surface area contributed by atoms with Crippen molar-refractivity contribution in [2.45, 2.75) is 24.5 Å². The molecule has 2 rings (SSSR count). The van der Waals surface area contributed by atoms with Gasteiger partial charge < -0.3 is 10.0 Å². The second-order valence-corrected chi connectivity index (χ2v) is 7.31. The van der Waals surface area contributed by atoms with E-state index in [1.54, 1.807) is 30.3 Å². The molecule has 1 aliphatic rings. The van der Waals surface area contributed by atoms with Crippen molar-refractivity contribution in [2.24, 2.45) is 0 Å². The summed E-state index contributed by atoms with van der Waals surface area (Å²) in [6.45, 7) is -0.547. The highest BCUT2D eigenvalue weighted by Crippen LogP contribution is 2.24. The summed E-state index contributed by atoms with van der Waals surface area (Å²) < 4.78 is 24.1. The van der Waals surface area contributed by atoms with Crippen molar-refractivity contribution in [3.8, 4) is 0 Å². The highest BCUT2D eigenvalue weighted by molar-refractivity contribution is 7.92. The van der Waals surface area contributed by atoms with Crippen LogP contribution in [0.1, 0.15) is 19.3 Å². The maximum absolute atomic E-state index is 12.5. The molecule has 0 radical (unpaired) electrons. The summed E-state index contributed by atoms with van der Waals surface area (Å²) in [5.41, 5.74) is 0.394. The van der Waals surface area contributed by atoms with E-state index in [2.05, 4.69) is 0 Å². The Morgan fingerprint density at radius 1 is 1.19 bits per heavy atom. The molecule has 1 heterocycles. The summed E-state index contributed by atoms with van der Waals surface area (Å²) in [7, 11) is -3.50. The minimum absolute atomic E-state index is 0.0148. The number of carboxylic acid groups (broad SMARTS) is 1. The predicted molar refractivity (Wildman–Crippen MR) is 77.9 cm³/mol. The van der Waals surface area contributed by atoms with Gasteiger partial charge in [0.15, 0.2) is 9.84 Å². The molecule has 1 N–H and O–H groups in total. The Kier molecular flexibility index (Phi) is 4.62. The number of sulfone groups is 1. The SMILES string of the molecule is O=C(O)CN(C(=O)C1CCCCS1(=O)=O)c1ccccc1. The predicted octanol–water partition coefficient (Wildman–Crippen LogP) is 1.07. The van der Waals surface area contributed by atoms with Crippen LogP contribution in [0.15, 0.2) is 30.3 Å². The van der Waals surface area contributed by atoms with Crippen molar-refractivity contribution in [3.63, 3.8) is 0 Å². The topological polar surface area (TPSA) is 91.8 Å². The monoisotopic (exact) mass is 311 g/mol. The number of carbonyl (C=O) groups excluding carboxylic acids is 1. The molecule has 114 valence electrons. The van der Waals surface area contributed by atoms with Gasteiger partial charge in [0.2, 0.25) is 5.91 Å². The van der Waals surface area contributed by atoms with Gasteiger partial charge in [0.25, 0.3) is 0 Å². The highest BCUT2D eigenvalue weighted by Gasteiger charge is 2.38. The summed E-state index contributed by atoms with van der Waals surface area (Å²) in [5, 5.41) is 7.85. The zero-order valence-corrected chi connectivity index (χ0v) is 12.3. The number of benzene rings is 1. The Balaban J connectivity index is 2.32. The maximum atomic E-state index is 12.5. The van der Waals surface area contributed by atoms with E-state index in [4.69, 9.17) is 5.11 Å². The number of hydrogen-bond donors (Lipinski definition) is 1. The van der Waals surface area contributed by atoms with E-state index in [0.29, 0.717) is 18.5 Å². The van der Waals surface area contributed by atoms with Gasteiger partial charge in [-0.15, -0.1) is 0 Å². The quantitative estimate of drug-likeness (QED) is 0.898. The van der Waals surface area contributed by atoms with Crippen LogP contribution in [-0.4, -0.2) is 42.9 Å². The lowest BCUT2D eigenvalue weighted by atomic mass is 10.1. The number of carboxylic acids is 1. The molecule has 0 saturated carbocycles. The van der Waals surface area contributed by atoms with Gasteiger partial charge in [0.05, 0.1) is 5.75 Å². The van der Waals surface area contributed by atoms with Crippen molar-refractivity contribution < 1.29 is 23.1 Å². The van der Waals surface area contributed by atoms with Crippen LogP contribution in [0, 0.1) is 0 Å². The lowest BCUT2D eigenvalue weighted by Crippen LogP contribution is -2.47. The largest absolute Gasteiger partial charge is 0.480 e. The van der Waals surface area contributed by atoms with Gasteiger partial charge in [0, 0.05) is 5.69 Å². The van der Waals surface area contributed by atoms with Crippen molar-refractivity contribution >= 4 is 27.4 Å². The fourth-order valence-corrected chi connectivity index (χ4v) is 4.30. The molecule has 0 bridgehead atoms. The molecule has 0 spiro atoms. The van der Waals surface area contributed by atoms with Gasteiger partial charge in [0.1, 0.15) is 11.8 Å². The zero-order valence-electron chi connectivity index (χ0n) is 11.4. The van der Waals surface area contributed by atoms with Gasteiger partial charge in [-0.25, -0.2) is 8.42 Å². The third-order valence-electron chi connectivity index (χ3n) is 3.48. The number of rotatable bonds is 4. The van der Waals surface area contributed by atoms with E-state index >= 15 is 0 Å². The molecule has 7 heteroatoms. The van der Waals surface area contributed by atoms with Crippen LogP contribution in [0.4, 0.5) is 5.69 Å². The fraction of sp³-hybridized carbons (Fsp3) is 0.429. The van der Waals surface area contributed by atoms with E-state index < -0.39 is 33.5 Å². The minimum Gasteiger partial charge on any atom is -0.480 e. The van der Waals surface area contributed by atoms with Crippen molar-refractivity contribution in [1.82, 2.24) is 0 Å². The molecule has 1 fully saturated rings. The van der Waals surface area contributed by atoms with Crippen LogP contribution in [0.25, 0.3) is 0 Å². The van der Waals surface area contributed by atoms with Crippen LogP contribution in [-0.2, 0) is 19.4 Å². The van der Waals surface area contributed by atoms with Crippen LogP contribution in [0.2, 0.25) is 0 Å². The maximum Gasteiger partial charge on any atom is 0.323 e. The number of para-hydroxylation sites is 1. The van der Waals surface area contributed by atoms with Crippen LogP contribution >= 0.6 is 0 Å². The van der Waals surface area contributed by atoms with Crippen LogP contribution < -0.4 is 4.90 Å². The van der Waals surface area contributed by atoms with Crippen molar-refractivity contribution in [2.75, 3.05) is 17.2 Å². The van der Waals surface area contributed by atoms with E-state index in [-0.39, 0.29) is 12.2 Å². The van der Waals surface area contributed by atoms with Gasteiger partial charge in [-0.1, -0.05) is 24.6 Å². The first kappa shape index (κ1) is 15.5. The first-order valence-corrected chi connectivity index (χ1v) is 8.43. The van der Waals surface area contributed by atoms with Crippen molar-refractivity contribution in [3.05, 3.63) is 30.3 Å². The van der Waals surface area contributed by atoms with E-state index in [9.17, 15) is 18.0 Å². The Morgan fingerprint density at radius 3 is 2.43 bits per heavy atom. The van der Waals surface area contributed by atoms with Gasteiger partial charge in [-0.05, 0) is 25.0 Å². The lowest BCUT2D eigenvalue weighted by Gasteiger charge is -2.28. The fourth-order valence-electron chi connectivity index (χ4n) is 2.45. The summed E-state index contributed by atoms with van der Waals surface area (Å²) in [6, 6.07) is 8.27. The molecule has 0 aromatic heterocycles. The third-order valence-corrected chi connectivity index (χ3v) is 5.64. The number of nitrogens with zero attached hydrogens (tertiary/aromatic N) is 1. The zero-order chi connectivity index (χ0) is 15.5. The molecule has 1 aromatic rings. The Hall–Kier alpha value is -1.89. The standard InChI is InChI=1S/C14H17NO5S/c16-13(17)10-15(11-6-2-1-3-7-11)14(18)12-8-4-5-9-21(12,19)20/h1-3,6-7,12H,4-5,8-10H2,(H,16,17). The molecule has 1 unspecified atom stereocenters. The first-order valence-electron chi connectivity index (χ1n) is 6.71. The summed E-state index contributed by atoms with van der Waals surface area (Å²) >= 11 is 0. The Labute approximate surface area is 123 Å². The third kappa shape index (κ3) is 3.60. The number of hydrogen-bond acceptors (Lipinski definition) is 4. The lowest BCUT2D eigenvalue weighted by molar-refractivity contribution is -0.136. The average molecular weight is 311 g/mol. The molecule has 1 aliphatic heterocycles. The second kappa shape index (κ2) is 6.26. The normalized spacial score (nSPS) is 20.7. The summed E-state index contributed by atoms with van der Waals surface area (Å²) in [6.07, 6.45) is 1.46. The van der Waals surface area contributed by atoms with E-state index in [0.717, 1.165) is 4.90 Å². The minimum atomic E-state index is -3.50. The highest BCUT2D eigenvalue weighted by atomic mass is 32.2. The van der Waals surface area contributed by atoms with Gasteiger partial charge in [-0.2, -0.15) is 0 Å². The number of anilines is 1. The van der Waals surface area contributed by atoms with E-state index in [1.807, 2.05) is 0 Å². The molecule has 0 aliphatic carbocycles. The molecule has 1 saturated heterocycles. The molecule has 21 heavy (non-hydrogen) atoms. The van der Waals surface area contributed by atoms with Crippen LogP contribution in [0.5, 0.6) is 0 Å². The van der Waals surface area contributed by atoms with Gasteiger partial charge in [-0.3, -0.25) is 9.59 Å². The van der Waals surface area contributed by atoms with Gasteiger partial charge >= 0.3 is 5.97 Å². The molecular weight excluding hydrogens is 294 g/mol. The molecule has 1 amide bonds. The van der Waals surface area contributed by atoms with Crippen molar-refractivity contribution in [1.29, 1.82) is 0 Å². The van der Waals surface area contributed by atoms with Crippen LogP contribution in [0.3, 0.4) is 0 Å². The van der Waals surface area contributed by atoms with E-state index in [1.165, 1.54) is 0 Å². The molecule has 1 atom stereocenters. The molecule has 6 nitrogen and oxygen atoms in total. The Bertz CT molecular complexity index is 626. The average Bonchev–Trinajstić information content (AvgIpc) is 2.44. The smallest absolute Gasteiger partial charge is 0.323 e. The first-order chi connectivity index (χ1) is 9.92. The second-order valence-electron chi connectivity index (χ2n) is 5.01. The summed E-state index contributed by atoms with van der Waals surface area (Å²) in [4.78, 5) is 24.6.